The van der Waals surface area contributed by atoms with Crippen LogP contribution < -0.4 is 5.32 Å². The summed E-state index contributed by atoms with van der Waals surface area (Å²) in [6, 6.07) is 0. The van der Waals surface area contributed by atoms with Crippen LogP contribution in [0.15, 0.2) is 35.9 Å². The van der Waals surface area contributed by atoms with Crippen molar-refractivity contribution in [1.82, 2.24) is 5.32 Å². The molecule has 0 heterocycles. The van der Waals surface area contributed by atoms with Gasteiger partial charge in [0.2, 0.25) is 0 Å². The molecule has 0 aromatic rings. The molecule has 0 radical (unpaired) electrons. The fourth-order valence-electron chi connectivity index (χ4n) is 0.552. The van der Waals surface area contributed by atoms with Crippen molar-refractivity contribution in [2.45, 2.75) is 6.42 Å². The van der Waals surface area contributed by atoms with Gasteiger partial charge in [0, 0.05) is 5.03 Å². The molecule has 0 aliphatic carbocycles. The van der Waals surface area contributed by atoms with E-state index in [1.807, 2.05) is 19.2 Å². The lowest BCUT2D eigenvalue weighted by atomic mass is 10.3. The van der Waals surface area contributed by atoms with Gasteiger partial charge in [-0.1, -0.05) is 36.4 Å². The maximum atomic E-state index is 5.65. The molecule has 0 unspecified atom stereocenters. The summed E-state index contributed by atoms with van der Waals surface area (Å²) in [7, 11) is 1.93. The zero-order valence-corrected chi connectivity index (χ0v) is 7.56. The van der Waals surface area contributed by atoms with Crippen LogP contribution in [0.25, 0.3) is 0 Å². The Morgan fingerprint density at radius 2 is 2.36 bits per heavy atom. The van der Waals surface area contributed by atoms with Crippen LogP contribution >= 0.6 is 11.6 Å². The minimum atomic E-state index is 0.672. The fourth-order valence-corrected chi connectivity index (χ4v) is 0.625. The van der Waals surface area contributed by atoms with Crippen LogP contribution in [0.5, 0.6) is 0 Å². The maximum absolute atomic E-state index is 5.65. The minimum absolute atomic E-state index is 0.672. The van der Waals surface area contributed by atoms with E-state index in [-0.39, 0.29) is 0 Å². The van der Waals surface area contributed by atoms with Crippen molar-refractivity contribution in [1.29, 1.82) is 0 Å². The first kappa shape index (κ1) is 10.5. The van der Waals surface area contributed by atoms with Crippen LogP contribution in [0.2, 0.25) is 0 Å². The van der Waals surface area contributed by atoms with Crippen molar-refractivity contribution < 1.29 is 0 Å². The third-order valence-electron chi connectivity index (χ3n) is 1.15. The molecule has 0 aliphatic heterocycles. The molecular weight excluding hydrogens is 158 g/mol. The van der Waals surface area contributed by atoms with E-state index >= 15 is 0 Å². The molecular formula is C9H14ClN. The highest BCUT2D eigenvalue weighted by Crippen LogP contribution is 2.00. The average molecular weight is 172 g/mol. The van der Waals surface area contributed by atoms with E-state index in [1.54, 1.807) is 6.08 Å². The van der Waals surface area contributed by atoms with E-state index in [0.29, 0.717) is 5.03 Å². The van der Waals surface area contributed by atoms with E-state index in [0.717, 1.165) is 13.0 Å². The second-order valence-corrected chi connectivity index (χ2v) is 2.51. The number of nitrogens with one attached hydrogen (secondary N) is 1. The normalized spacial score (nSPS) is 12.4. The largest absolute Gasteiger partial charge is 0.319 e. The van der Waals surface area contributed by atoms with Gasteiger partial charge in [0.05, 0.1) is 0 Å². The molecule has 2 heteroatoms. The van der Waals surface area contributed by atoms with Crippen LogP contribution in [-0.2, 0) is 0 Å². The highest BCUT2D eigenvalue weighted by molar-refractivity contribution is 6.31. The first-order chi connectivity index (χ1) is 5.31. The number of halogens is 1. The van der Waals surface area contributed by atoms with Gasteiger partial charge in [-0.25, -0.2) is 0 Å². The summed E-state index contributed by atoms with van der Waals surface area (Å²) in [5, 5.41) is 3.72. The summed E-state index contributed by atoms with van der Waals surface area (Å²) in [5.74, 6) is 0. The number of hydrogen-bond donors (Lipinski definition) is 1. The van der Waals surface area contributed by atoms with Crippen LogP contribution in [0.1, 0.15) is 6.42 Å². The van der Waals surface area contributed by atoms with E-state index < -0.39 is 0 Å². The lowest BCUT2D eigenvalue weighted by Gasteiger charge is -1.89. The number of rotatable bonds is 5. The molecule has 0 rings (SSSR count). The zero-order chi connectivity index (χ0) is 8.53. The second-order valence-electron chi connectivity index (χ2n) is 2.08. The Kier molecular flexibility index (Phi) is 7.21. The van der Waals surface area contributed by atoms with Gasteiger partial charge in [0.1, 0.15) is 0 Å². The van der Waals surface area contributed by atoms with Crippen molar-refractivity contribution in [3.05, 3.63) is 35.9 Å². The summed E-state index contributed by atoms with van der Waals surface area (Å²) in [4.78, 5) is 0. The third kappa shape index (κ3) is 7.37. The lowest BCUT2D eigenvalue weighted by molar-refractivity contribution is 0.808. The maximum Gasteiger partial charge on any atom is 0.0399 e. The first-order valence-electron chi connectivity index (χ1n) is 3.60. The molecule has 0 spiro atoms. The molecule has 0 aromatic heterocycles. The van der Waals surface area contributed by atoms with Crippen molar-refractivity contribution in [3.8, 4) is 0 Å². The van der Waals surface area contributed by atoms with Gasteiger partial charge in [0.15, 0.2) is 0 Å². The molecule has 0 saturated carbocycles. The molecule has 0 aromatic carbocycles. The topological polar surface area (TPSA) is 12.0 Å². The highest BCUT2D eigenvalue weighted by Gasteiger charge is 1.77. The van der Waals surface area contributed by atoms with E-state index in [1.165, 1.54) is 0 Å². The second kappa shape index (κ2) is 7.58. The van der Waals surface area contributed by atoms with Gasteiger partial charge >= 0.3 is 0 Å². The molecule has 0 saturated heterocycles. The molecule has 0 bridgehead atoms. The van der Waals surface area contributed by atoms with Gasteiger partial charge in [-0.2, -0.15) is 0 Å². The van der Waals surface area contributed by atoms with Gasteiger partial charge < -0.3 is 5.32 Å². The Bertz CT molecular complexity index is 159. The highest BCUT2D eigenvalue weighted by atomic mass is 35.5. The Morgan fingerprint density at radius 1 is 1.64 bits per heavy atom. The zero-order valence-electron chi connectivity index (χ0n) is 6.81. The first-order valence-corrected chi connectivity index (χ1v) is 3.98. The summed E-state index contributed by atoms with van der Waals surface area (Å²) in [5.41, 5.74) is 0. The Labute approximate surface area is 73.4 Å². The number of allylic oxidation sites excluding steroid dienone is 4. The lowest BCUT2D eigenvalue weighted by Crippen LogP contribution is -2.05. The smallest absolute Gasteiger partial charge is 0.0399 e. The minimum Gasteiger partial charge on any atom is -0.319 e. The van der Waals surface area contributed by atoms with Crippen LogP contribution in [0.3, 0.4) is 0 Å². The van der Waals surface area contributed by atoms with Gasteiger partial charge in [-0.15, -0.1) is 0 Å². The summed E-state index contributed by atoms with van der Waals surface area (Å²) >= 11 is 5.65. The summed E-state index contributed by atoms with van der Waals surface area (Å²) in [6.07, 6.45) is 8.45. The van der Waals surface area contributed by atoms with Crippen molar-refractivity contribution in [2.24, 2.45) is 0 Å². The molecule has 62 valence electrons. The van der Waals surface area contributed by atoms with Crippen LogP contribution in [0.4, 0.5) is 0 Å². The Morgan fingerprint density at radius 3 is 2.91 bits per heavy atom. The van der Waals surface area contributed by atoms with Crippen LogP contribution in [0, 0.1) is 0 Å². The fraction of sp³-hybridized carbons (Fsp3) is 0.333. The summed E-state index contributed by atoms with van der Waals surface area (Å²) in [6.45, 7) is 4.53. The number of hydrogen-bond acceptors (Lipinski definition) is 1. The van der Waals surface area contributed by atoms with E-state index in [9.17, 15) is 0 Å². The molecule has 0 atom stereocenters. The van der Waals surface area contributed by atoms with Gasteiger partial charge in [-0.05, 0) is 26.1 Å². The predicted octanol–water partition coefficient (Wildman–Crippen LogP) is 2.46. The van der Waals surface area contributed by atoms with E-state index in [4.69, 9.17) is 11.6 Å². The monoisotopic (exact) mass is 171 g/mol. The van der Waals surface area contributed by atoms with Gasteiger partial charge in [-0.3, -0.25) is 0 Å². The van der Waals surface area contributed by atoms with Crippen molar-refractivity contribution >= 4 is 11.6 Å². The molecule has 0 amide bonds. The molecule has 1 N–H and O–H groups in total. The van der Waals surface area contributed by atoms with E-state index in [2.05, 4.69) is 18.0 Å². The predicted molar refractivity (Wildman–Crippen MR) is 51.8 cm³/mol. The van der Waals surface area contributed by atoms with Crippen molar-refractivity contribution in [2.75, 3.05) is 13.6 Å². The van der Waals surface area contributed by atoms with Crippen molar-refractivity contribution in [3.63, 3.8) is 0 Å². The molecule has 1 nitrogen and oxygen atoms in total. The third-order valence-corrected chi connectivity index (χ3v) is 1.43. The SMILES string of the molecule is C=C/C(Cl)=C\C=C/CCNC. The Hall–Kier alpha value is -0.530. The quantitative estimate of drug-likeness (QED) is 0.495. The average Bonchev–Trinajstić information content (AvgIpc) is 2.04. The Balaban J connectivity index is 3.50. The van der Waals surface area contributed by atoms with Gasteiger partial charge in [0.25, 0.3) is 0 Å². The molecule has 0 fully saturated rings. The van der Waals surface area contributed by atoms with Crippen LogP contribution in [-0.4, -0.2) is 13.6 Å². The molecule has 0 aliphatic rings. The summed E-state index contributed by atoms with van der Waals surface area (Å²) < 4.78 is 0. The molecule has 11 heavy (non-hydrogen) atoms. The standard InChI is InChI=1S/C9H14ClN/c1-3-9(10)7-5-4-6-8-11-2/h3-5,7,11H,1,6,8H2,2H3/b5-4-,9-7+.